The highest BCUT2D eigenvalue weighted by Crippen LogP contribution is 2.45. The first kappa shape index (κ1) is 22.1. The number of rotatable bonds is 7. The molecule has 7 heteroatoms. The number of fused-ring (bicyclic) bond motifs is 1. The summed E-state index contributed by atoms with van der Waals surface area (Å²) in [6.45, 7) is 3.03. The number of benzene rings is 2. The Kier molecular flexibility index (Phi) is 6.35. The molecule has 0 bridgehead atoms. The lowest BCUT2D eigenvalue weighted by Crippen LogP contribution is -2.43. The molecule has 0 radical (unpaired) electrons. The molecule has 0 saturated heterocycles. The van der Waals surface area contributed by atoms with E-state index < -0.39 is 5.41 Å². The number of methoxy groups -OCH3 is 3. The number of hydrogen-bond acceptors (Lipinski definition) is 6. The highest BCUT2D eigenvalue weighted by atomic mass is 16.6. The quantitative estimate of drug-likeness (QED) is 0.695. The Morgan fingerprint density at radius 3 is 2.16 bits per heavy atom. The van der Waals surface area contributed by atoms with Crippen LogP contribution in [-0.4, -0.2) is 40.5 Å². The van der Waals surface area contributed by atoms with Gasteiger partial charge in [-0.05, 0) is 55.2 Å². The van der Waals surface area contributed by atoms with E-state index in [0.717, 1.165) is 42.6 Å². The van der Waals surface area contributed by atoms with Gasteiger partial charge in [-0.1, -0.05) is 18.9 Å². The maximum absolute atomic E-state index is 13.7. The molecule has 1 fully saturated rings. The summed E-state index contributed by atoms with van der Waals surface area (Å²) in [4.78, 5) is 13.7. The molecular weight excluding hydrogens is 410 g/mol. The second-order valence-corrected chi connectivity index (χ2v) is 8.30. The summed E-state index contributed by atoms with van der Waals surface area (Å²) < 4.78 is 27.8. The van der Waals surface area contributed by atoms with E-state index in [0.29, 0.717) is 36.2 Å². The van der Waals surface area contributed by atoms with Crippen LogP contribution in [0.3, 0.4) is 0 Å². The third-order valence-electron chi connectivity index (χ3n) is 6.52. The Hall–Kier alpha value is -3.09. The Morgan fingerprint density at radius 2 is 1.56 bits per heavy atom. The molecule has 1 N–H and O–H groups in total. The normalized spacial score (nSPS) is 17.4. The fourth-order valence-corrected chi connectivity index (χ4v) is 4.74. The molecule has 2 aromatic rings. The lowest BCUT2D eigenvalue weighted by molar-refractivity contribution is -0.127. The summed E-state index contributed by atoms with van der Waals surface area (Å²) in [5, 5.41) is 3.23. The van der Waals surface area contributed by atoms with Crippen molar-refractivity contribution < 1.29 is 28.5 Å². The van der Waals surface area contributed by atoms with Crippen LogP contribution < -0.4 is 29.0 Å². The summed E-state index contributed by atoms with van der Waals surface area (Å²) in [6, 6.07) is 9.40. The number of ether oxygens (including phenoxy) is 5. The van der Waals surface area contributed by atoms with E-state index in [4.69, 9.17) is 23.7 Å². The molecule has 1 aliphatic carbocycles. The van der Waals surface area contributed by atoms with Crippen molar-refractivity contribution >= 4 is 5.91 Å². The van der Waals surface area contributed by atoms with E-state index in [-0.39, 0.29) is 11.9 Å². The number of nitrogens with one attached hydrogen (secondary N) is 1. The Morgan fingerprint density at radius 1 is 0.938 bits per heavy atom. The SMILES string of the molecule is COc1cc(C(C)NC(=O)C2(c3ccc4c(c3)OCCO4)CCCC2)cc(OC)c1OC. The van der Waals surface area contributed by atoms with E-state index in [9.17, 15) is 4.79 Å². The predicted octanol–water partition coefficient (Wildman–Crippen LogP) is 4.17. The number of hydrogen-bond donors (Lipinski definition) is 1. The largest absolute Gasteiger partial charge is 0.493 e. The summed E-state index contributed by atoms with van der Waals surface area (Å²) in [6.07, 6.45) is 3.64. The highest BCUT2D eigenvalue weighted by Gasteiger charge is 2.43. The molecule has 1 aliphatic heterocycles. The van der Waals surface area contributed by atoms with E-state index >= 15 is 0 Å². The zero-order chi connectivity index (χ0) is 22.7. The van der Waals surface area contributed by atoms with Gasteiger partial charge in [-0.15, -0.1) is 0 Å². The van der Waals surface area contributed by atoms with Gasteiger partial charge in [0.15, 0.2) is 23.0 Å². The third-order valence-corrected chi connectivity index (χ3v) is 6.52. The molecule has 1 saturated carbocycles. The van der Waals surface area contributed by atoms with Crippen molar-refractivity contribution in [3.63, 3.8) is 0 Å². The van der Waals surface area contributed by atoms with Crippen LogP contribution >= 0.6 is 0 Å². The zero-order valence-electron chi connectivity index (χ0n) is 19.2. The molecule has 4 rings (SSSR count). The monoisotopic (exact) mass is 441 g/mol. The molecule has 172 valence electrons. The van der Waals surface area contributed by atoms with Crippen molar-refractivity contribution in [1.29, 1.82) is 0 Å². The molecule has 0 aromatic heterocycles. The molecule has 1 unspecified atom stereocenters. The van der Waals surface area contributed by atoms with Crippen LogP contribution in [0.15, 0.2) is 30.3 Å². The van der Waals surface area contributed by atoms with Crippen LogP contribution in [0.5, 0.6) is 28.7 Å². The second-order valence-electron chi connectivity index (χ2n) is 8.30. The summed E-state index contributed by atoms with van der Waals surface area (Å²) in [7, 11) is 4.74. The first-order valence-corrected chi connectivity index (χ1v) is 11.0. The molecule has 2 aromatic carbocycles. The fraction of sp³-hybridized carbons (Fsp3) is 0.480. The van der Waals surface area contributed by atoms with Gasteiger partial charge < -0.3 is 29.0 Å². The maximum atomic E-state index is 13.7. The minimum atomic E-state index is -0.579. The highest BCUT2D eigenvalue weighted by molar-refractivity contribution is 5.89. The van der Waals surface area contributed by atoms with E-state index in [1.165, 1.54) is 0 Å². The molecular formula is C25H31NO6. The average molecular weight is 442 g/mol. The molecule has 7 nitrogen and oxygen atoms in total. The molecule has 2 aliphatic rings. The second kappa shape index (κ2) is 9.18. The van der Waals surface area contributed by atoms with Crippen LogP contribution in [0.2, 0.25) is 0 Å². The number of carbonyl (C=O) groups excluding carboxylic acids is 1. The number of amides is 1. The van der Waals surface area contributed by atoms with Crippen molar-refractivity contribution in [3.8, 4) is 28.7 Å². The minimum Gasteiger partial charge on any atom is -0.493 e. The van der Waals surface area contributed by atoms with Crippen molar-refractivity contribution in [2.75, 3.05) is 34.5 Å². The standard InChI is InChI=1S/C25H31NO6/c1-16(17-13-21(28-2)23(30-4)22(14-17)29-3)26-24(27)25(9-5-6-10-25)18-7-8-19-20(15-18)32-12-11-31-19/h7-8,13-16H,5-6,9-12H2,1-4H3,(H,26,27). The first-order valence-electron chi connectivity index (χ1n) is 11.0. The fourth-order valence-electron chi connectivity index (χ4n) is 4.74. The number of carbonyl (C=O) groups is 1. The van der Waals surface area contributed by atoms with Crippen LogP contribution in [-0.2, 0) is 10.2 Å². The van der Waals surface area contributed by atoms with Gasteiger partial charge in [0, 0.05) is 0 Å². The maximum Gasteiger partial charge on any atom is 0.231 e. The van der Waals surface area contributed by atoms with Crippen molar-refractivity contribution in [2.45, 2.75) is 44.1 Å². The summed E-state index contributed by atoms with van der Waals surface area (Å²) in [5.74, 6) is 3.12. The zero-order valence-corrected chi connectivity index (χ0v) is 19.2. The average Bonchev–Trinajstić information content (AvgIpc) is 3.34. The van der Waals surface area contributed by atoms with Gasteiger partial charge in [-0.3, -0.25) is 4.79 Å². The molecule has 0 spiro atoms. The van der Waals surface area contributed by atoms with Gasteiger partial charge in [0.05, 0.1) is 32.8 Å². The smallest absolute Gasteiger partial charge is 0.231 e. The van der Waals surface area contributed by atoms with Crippen LogP contribution in [0.1, 0.15) is 49.8 Å². The van der Waals surface area contributed by atoms with Crippen molar-refractivity contribution in [3.05, 3.63) is 41.5 Å². The van der Waals surface area contributed by atoms with Gasteiger partial charge in [0.25, 0.3) is 0 Å². The van der Waals surface area contributed by atoms with Gasteiger partial charge in [-0.25, -0.2) is 0 Å². The van der Waals surface area contributed by atoms with E-state index in [1.54, 1.807) is 21.3 Å². The lowest BCUT2D eigenvalue weighted by Gasteiger charge is -2.31. The summed E-state index contributed by atoms with van der Waals surface area (Å²) >= 11 is 0. The Labute approximate surface area is 189 Å². The van der Waals surface area contributed by atoms with Crippen LogP contribution in [0.4, 0.5) is 0 Å². The molecule has 1 heterocycles. The summed E-state index contributed by atoms with van der Waals surface area (Å²) in [5.41, 5.74) is 1.28. The Bertz CT molecular complexity index is 957. The van der Waals surface area contributed by atoms with Gasteiger partial charge in [0.1, 0.15) is 13.2 Å². The van der Waals surface area contributed by atoms with Crippen LogP contribution in [0.25, 0.3) is 0 Å². The van der Waals surface area contributed by atoms with Crippen LogP contribution in [0, 0.1) is 0 Å². The van der Waals surface area contributed by atoms with Gasteiger partial charge >= 0.3 is 0 Å². The van der Waals surface area contributed by atoms with E-state index in [2.05, 4.69) is 5.32 Å². The minimum absolute atomic E-state index is 0.0212. The van der Waals surface area contributed by atoms with Crippen molar-refractivity contribution in [2.24, 2.45) is 0 Å². The Balaban J connectivity index is 1.61. The van der Waals surface area contributed by atoms with E-state index in [1.807, 2.05) is 37.3 Å². The topological polar surface area (TPSA) is 75.3 Å². The molecule has 1 atom stereocenters. The van der Waals surface area contributed by atoms with Crippen molar-refractivity contribution in [1.82, 2.24) is 5.32 Å². The molecule has 1 amide bonds. The lowest BCUT2D eigenvalue weighted by atomic mass is 9.77. The van der Waals surface area contributed by atoms with Gasteiger partial charge in [-0.2, -0.15) is 0 Å². The third kappa shape index (κ3) is 3.92. The molecule has 32 heavy (non-hydrogen) atoms. The predicted molar refractivity (Wildman–Crippen MR) is 120 cm³/mol. The first-order chi connectivity index (χ1) is 15.5. The van der Waals surface area contributed by atoms with Gasteiger partial charge in [0.2, 0.25) is 11.7 Å².